The Bertz CT molecular complexity index is 585. The van der Waals surface area contributed by atoms with Crippen LogP contribution < -0.4 is 0 Å². The van der Waals surface area contributed by atoms with Crippen LogP contribution in [0.4, 0.5) is 0 Å². The van der Waals surface area contributed by atoms with Gasteiger partial charge in [0.25, 0.3) is 0 Å². The number of carbonyl (C=O) groups is 1. The molecule has 0 aromatic heterocycles. The fourth-order valence-electron chi connectivity index (χ4n) is 1.65. The van der Waals surface area contributed by atoms with Gasteiger partial charge in [0.05, 0.1) is 5.02 Å². The number of allylic oxidation sites excluding steroid dienone is 1. The highest BCUT2D eigenvalue weighted by Gasteiger charge is 2.06. The Labute approximate surface area is 112 Å². The highest BCUT2D eigenvalue weighted by molar-refractivity contribution is 6.34. The van der Waals surface area contributed by atoms with Gasteiger partial charge in [-0.2, -0.15) is 0 Å². The Morgan fingerprint density at radius 2 is 1.83 bits per heavy atom. The molecule has 0 N–H and O–H groups in total. The van der Waals surface area contributed by atoms with Gasteiger partial charge >= 0.3 is 0 Å². The first-order valence-electron chi connectivity index (χ1n) is 5.70. The van der Waals surface area contributed by atoms with Crippen LogP contribution in [0.5, 0.6) is 0 Å². The van der Waals surface area contributed by atoms with E-state index < -0.39 is 0 Å². The lowest BCUT2D eigenvalue weighted by Crippen LogP contribution is -1.95. The Morgan fingerprint density at radius 3 is 2.50 bits per heavy atom. The van der Waals surface area contributed by atoms with Crippen molar-refractivity contribution in [3.63, 3.8) is 0 Å². The average Bonchev–Trinajstić information content (AvgIpc) is 2.37. The molecule has 0 aliphatic heterocycles. The van der Waals surface area contributed by atoms with Crippen LogP contribution in [-0.2, 0) is 0 Å². The van der Waals surface area contributed by atoms with Crippen LogP contribution in [-0.4, -0.2) is 5.78 Å². The van der Waals surface area contributed by atoms with Crippen molar-refractivity contribution in [1.82, 2.24) is 0 Å². The SMILES string of the molecule is Cc1ccc(C(=O)/C=C/c2ccccc2)c(Cl)c1. The van der Waals surface area contributed by atoms with Gasteiger partial charge in [-0.25, -0.2) is 0 Å². The van der Waals surface area contributed by atoms with Crippen LogP contribution in [0.15, 0.2) is 54.6 Å². The molecule has 0 atom stereocenters. The van der Waals surface area contributed by atoms with Gasteiger partial charge in [-0.15, -0.1) is 0 Å². The van der Waals surface area contributed by atoms with Gasteiger partial charge in [0.15, 0.2) is 5.78 Å². The van der Waals surface area contributed by atoms with Gasteiger partial charge in [0, 0.05) is 5.56 Å². The van der Waals surface area contributed by atoms with Crippen molar-refractivity contribution in [2.24, 2.45) is 0 Å². The van der Waals surface area contributed by atoms with Gasteiger partial charge in [-0.3, -0.25) is 4.79 Å². The molecule has 0 fully saturated rings. The molecule has 0 unspecified atom stereocenters. The zero-order valence-corrected chi connectivity index (χ0v) is 10.8. The third kappa shape index (κ3) is 3.08. The highest BCUT2D eigenvalue weighted by Crippen LogP contribution is 2.18. The van der Waals surface area contributed by atoms with Crippen molar-refractivity contribution < 1.29 is 4.79 Å². The smallest absolute Gasteiger partial charge is 0.187 e. The molecule has 0 bridgehead atoms. The first-order valence-corrected chi connectivity index (χ1v) is 6.08. The summed E-state index contributed by atoms with van der Waals surface area (Å²) in [6.07, 6.45) is 3.34. The molecule has 0 saturated carbocycles. The maximum Gasteiger partial charge on any atom is 0.187 e. The van der Waals surface area contributed by atoms with Gasteiger partial charge in [0.2, 0.25) is 0 Å². The molecular weight excluding hydrogens is 244 g/mol. The lowest BCUT2D eigenvalue weighted by Gasteiger charge is -2.01. The number of halogens is 1. The molecule has 0 saturated heterocycles. The van der Waals surface area contributed by atoms with E-state index in [1.165, 1.54) is 0 Å². The Morgan fingerprint density at radius 1 is 1.11 bits per heavy atom. The van der Waals surface area contributed by atoms with E-state index in [2.05, 4.69) is 0 Å². The second-order valence-electron chi connectivity index (χ2n) is 4.09. The summed E-state index contributed by atoms with van der Waals surface area (Å²) in [6.45, 7) is 1.94. The summed E-state index contributed by atoms with van der Waals surface area (Å²) in [5, 5.41) is 0.498. The minimum atomic E-state index is -0.0798. The van der Waals surface area contributed by atoms with Gasteiger partial charge in [0.1, 0.15) is 0 Å². The van der Waals surface area contributed by atoms with E-state index in [9.17, 15) is 4.79 Å². The number of ketones is 1. The van der Waals surface area contributed by atoms with Gasteiger partial charge in [-0.05, 0) is 36.3 Å². The maximum atomic E-state index is 12.0. The zero-order chi connectivity index (χ0) is 13.0. The first kappa shape index (κ1) is 12.6. The molecule has 0 amide bonds. The summed E-state index contributed by atoms with van der Waals surface area (Å²) in [6, 6.07) is 15.1. The normalized spacial score (nSPS) is 10.8. The van der Waals surface area contributed by atoms with Crippen molar-refractivity contribution >= 4 is 23.5 Å². The molecule has 2 heteroatoms. The topological polar surface area (TPSA) is 17.1 Å². The minimum Gasteiger partial charge on any atom is -0.289 e. The molecule has 0 aliphatic rings. The molecular formula is C16H13ClO. The second kappa shape index (κ2) is 5.65. The number of hydrogen-bond acceptors (Lipinski definition) is 1. The monoisotopic (exact) mass is 256 g/mol. The average molecular weight is 257 g/mol. The van der Waals surface area contributed by atoms with Gasteiger partial charge in [-0.1, -0.05) is 54.1 Å². The lowest BCUT2D eigenvalue weighted by atomic mass is 10.1. The lowest BCUT2D eigenvalue weighted by molar-refractivity contribution is 0.104. The van der Waals surface area contributed by atoms with Crippen LogP contribution >= 0.6 is 11.6 Å². The van der Waals surface area contributed by atoms with E-state index >= 15 is 0 Å². The standard InChI is InChI=1S/C16H13ClO/c1-12-7-9-14(15(17)11-12)16(18)10-8-13-5-3-2-4-6-13/h2-11H,1H3/b10-8+. The predicted octanol–water partition coefficient (Wildman–Crippen LogP) is 4.54. The third-order valence-electron chi connectivity index (χ3n) is 2.62. The zero-order valence-electron chi connectivity index (χ0n) is 10.1. The highest BCUT2D eigenvalue weighted by atomic mass is 35.5. The van der Waals surface area contributed by atoms with E-state index in [1.807, 2.05) is 43.3 Å². The quantitative estimate of drug-likeness (QED) is 0.582. The molecule has 0 spiro atoms. The number of hydrogen-bond donors (Lipinski definition) is 0. The van der Waals surface area contributed by atoms with E-state index in [1.54, 1.807) is 24.3 Å². The molecule has 0 heterocycles. The van der Waals surface area contributed by atoms with Crippen molar-refractivity contribution in [3.05, 3.63) is 76.3 Å². The van der Waals surface area contributed by atoms with Gasteiger partial charge < -0.3 is 0 Å². The Kier molecular flexibility index (Phi) is 3.96. The maximum absolute atomic E-state index is 12.0. The predicted molar refractivity (Wildman–Crippen MR) is 76.0 cm³/mol. The van der Waals surface area contributed by atoms with E-state index in [4.69, 9.17) is 11.6 Å². The molecule has 0 aliphatic carbocycles. The van der Waals surface area contributed by atoms with Crippen molar-refractivity contribution in [2.75, 3.05) is 0 Å². The van der Waals surface area contributed by atoms with Crippen LogP contribution in [0.3, 0.4) is 0 Å². The third-order valence-corrected chi connectivity index (χ3v) is 2.93. The van der Waals surface area contributed by atoms with E-state index in [0.29, 0.717) is 10.6 Å². The summed E-state index contributed by atoms with van der Waals surface area (Å²) in [4.78, 5) is 12.0. The number of carbonyl (C=O) groups excluding carboxylic acids is 1. The molecule has 90 valence electrons. The molecule has 18 heavy (non-hydrogen) atoms. The minimum absolute atomic E-state index is 0.0798. The van der Waals surface area contributed by atoms with Crippen LogP contribution in [0.25, 0.3) is 6.08 Å². The fraction of sp³-hybridized carbons (Fsp3) is 0.0625. The molecule has 2 aromatic rings. The van der Waals surface area contributed by atoms with Crippen molar-refractivity contribution in [1.29, 1.82) is 0 Å². The summed E-state index contributed by atoms with van der Waals surface area (Å²) < 4.78 is 0. The summed E-state index contributed by atoms with van der Waals surface area (Å²) >= 11 is 6.05. The summed E-state index contributed by atoms with van der Waals surface area (Å²) in [7, 11) is 0. The summed E-state index contributed by atoms with van der Waals surface area (Å²) in [5.41, 5.74) is 2.58. The van der Waals surface area contributed by atoms with Crippen molar-refractivity contribution in [3.8, 4) is 0 Å². The number of aryl methyl sites for hydroxylation is 1. The fourth-order valence-corrected chi connectivity index (χ4v) is 1.97. The molecule has 2 aromatic carbocycles. The second-order valence-corrected chi connectivity index (χ2v) is 4.50. The van der Waals surface area contributed by atoms with Crippen molar-refractivity contribution in [2.45, 2.75) is 6.92 Å². The van der Waals surface area contributed by atoms with E-state index in [0.717, 1.165) is 11.1 Å². The van der Waals surface area contributed by atoms with Crippen LogP contribution in [0.2, 0.25) is 5.02 Å². The molecule has 2 rings (SSSR count). The molecule has 1 nitrogen and oxygen atoms in total. The molecule has 0 radical (unpaired) electrons. The van der Waals surface area contributed by atoms with Crippen LogP contribution in [0.1, 0.15) is 21.5 Å². The number of benzene rings is 2. The number of rotatable bonds is 3. The first-order chi connectivity index (χ1) is 8.66. The Balaban J connectivity index is 2.20. The summed E-state index contributed by atoms with van der Waals surface area (Å²) in [5.74, 6) is -0.0798. The Hall–Kier alpha value is -1.86. The van der Waals surface area contributed by atoms with E-state index in [-0.39, 0.29) is 5.78 Å². The van der Waals surface area contributed by atoms with Crippen LogP contribution in [0, 0.1) is 6.92 Å². The largest absolute Gasteiger partial charge is 0.289 e.